The predicted molar refractivity (Wildman–Crippen MR) is 114 cm³/mol. The van der Waals surface area contributed by atoms with Gasteiger partial charge in [-0.25, -0.2) is 0 Å². The highest BCUT2D eigenvalue weighted by Gasteiger charge is 2.38. The predicted octanol–water partition coefficient (Wildman–Crippen LogP) is 4.77. The topological polar surface area (TPSA) is 50.1 Å². The standard InChI is InChI=1S/C25H22N2O2/c1-16(2)18-13-9-10-17(3)21(18)26-22-23(27-14-7-4-8-15-27)25(29)20-12-6-5-11-19(20)24(22)28/h4-16H,1-3H3/p+1. The van der Waals surface area contributed by atoms with E-state index in [1.54, 1.807) is 41.2 Å². The summed E-state index contributed by atoms with van der Waals surface area (Å²) in [6.45, 7) is 6.24. The van der Waals surface area contributed by atoms with Gasteiger partial charge in [-0.15, -0.1) is 0 Å². The van der Waals surface area contributed by atoms with E-state index >= 15 is 0 Å². The normalized spacial score (nSPS) is 13.7. The molecule has 2 aromatic carbocycles. The first kappa shape index (κ1) is 18.8. The Bertz CT molecular complexity index is 1140. The minimum absolute atomic E-state index is 0.168. The number of nitrogens with one attached hydrogen (secondary N) is 1. The third kappa shape index (κ3) is 3.27. The van der Waals surface area contributed by atoms with Gasteiger partial charge in [-0.1, -0.05) is 62.4 Å². The largest absolute Gasteiger partial charge is 0.346 e. The van der Waals surface area contributed by atoms with Crippen LogP contribution in [-0.4, -0.2) is 11.6 Å². The van der Waals surface area contributed by atoms with Crippen LogP contribution in [0.5, 0.6) is 0 Å². The molecular weight excluding hydrogens is 360 g/mol. The Balaban J connectivity index is 1.95. The van der Waals surface area contributed by atoms with Crippen molar-refractivity contribution in [1.82, 2.24) is 0 Å². The number of para-hydroxylation sites is 1. The summed E-state index contributed by atoms with van der Waals surface area (Å²) >= 11 is 0. The first-order valence-corrected chi connectivity index (χ1v) is 9.75. The van der Waals surface area contributed by atoms with E-state index in [1.807, 2.05) is 37.3 Å². The van der Waals surface area contributed by atoms with Crippen LogP contribution in [0.3, 0.4) is 0 Å². The zero-order valence-electron chi connectivity index (χ0n) is 16.8. The minimum Gasteiger partial charge on any atom is -0.346 e. The number of fused-ring (bicyclic) bond motifs is 1. The lowest BCUT2D eigenvalue weighted by molar-refractivity contribution is -0.577. The summed E-state index contributed by atoms with van der Waals surface area (Å²) in [6.07, 6.45) is 3.58. The maximum Gasteiger partial charge on any atom is 0.286 e. The average Bonchev–Trinajstić information content (AvgIpc) is 2.73. The van der Waals surface area contributed by atoms with Gasteiger partial charge in [0.25, 0.3) is 11.5 Å². The lowest BCUT2D eigenvalue weighted by Gasteiger charge is -2.22. The summed E-state index contributed by atoms with van der Waals surface area (Å²) in [5.74, 6) is -0.0735. The number of carbonyl (C=O) groups excluding carboxylic acids is 2. The van der Waals surface area contributed by atoms with Gasteiger partial charge in [0.05, 0.1) is 0 Å². The summed E-state index contributed by atoms with van der Waals surface area (Å²) in [5, 5.41) is 3.36. The second-order valence-corrected chi connectivity index (χ2v) is 7.53. The van der Waals surface area contributed by atoms with Crippen LogP contribution in [0.25, 0.3) is 5.70 Å². The van der Waals surface area contributed by atoms with Crippen molar-refractivity contribution in [3.63, 3.8) is 0 Å². The monoisotopic (exact) mass is 383 g/mol. The number of ketones is 2. The van der Waals surface area contributed by atoms with E-state index in [0.29, 0.717) is 22.5 Å². The van der Waals surface area contributed by atoms with Crippen LogP contribution in [-0.2, 0) is 0 Å². The quantitative estimate of drug-likeness (QED) is 0.661. The fourth-order valence-electron chi connectivity index (χ4n) is 3.74. The number of anilines is 1. The minimum atomic E-state index is -0.176. The van der Waals surface area contributed by atoms with Crippen molar-refractivity contribution in [2.24, 2.45) is 0 Å². The van der Waals surface area contributed by atoms with Crippen LogP contribution in [0, 0.1) is 6.92 Å². The molecule has 0 aliphatic heterocycles. The molecule has 0 atom stereocenters. The molecule has 0 amide bonds. The third-order valence-corrected chi connectivity index (χ3v) is 5.25. The first-order valence-electron chi connectivity index (χ1n) is 9.75. The summed E-state index contributed by atoms with van der Waals surface area (Å²) in [4.78, 5) is 26.9. The molecule has 4 rings (SSSR count). The van der Waals surface area contributed by atoms with E-state index in [-0.39, 0.29) is 17.5 Å². The molecule has 1 aliphatic carbocycles. The molecule has 0 saturated heterocycles. The number of pyridine rings is 1. The molecule has 4 nitrogen and oxygen atoms in total. The zero-order chi connectivity index (χ0) is 20.5. The van der Waals surface area contributed by atoms with Gasteiger partial charge in [0.15, 0.2) is 18.1 Å². The fraction of sp³-hybridized carbons (Fsp3) is 0.160. The summed E-state index contributed by atoms with van der Waals surface area (Å²) in [5.41, 5.74) is 4.53. The lowest BCUT2D eigenvalue weighted by Crippen LogP contribution is -2.42. The average molecular weight is 383 g/mol. The Morgan fingerprint density at radius 1 is 0.793 bits per heavy atom. The van der Waals surface area contributed by atoms with Crippen molar-refractivity contribution < 1.29 is 14.2 Å². The van der Waals surface area contributed by atoms with Gasteiger partial charge in [-0.3, -0.25) is 9.59 Å². The Hall–Kier alpha value is -3.53. The van der Waals surface area contributed by atoms with Gasteiger partial charge < -0.3 is 5.32 Å². The maximum atomic E-state index is 13.5. The second-order valence-electron chi connectivity index (χ2n) is 7.53. The Morgan fingerprint density at radius 2 is 1.45 bits per heavy atom. The Labute approximate surface area is 170 Å². The highest BCUT2D eigenvalue weighted by Crippen LogP contribution is 2.32. The van der Waals surface area contributed by atoms with Gasteiger partial charge >= 0.3 is 0 Å². The van der Waals surface area contributed by atoms with Crippen molar-refractivity contribution in [2.45, 2.75) is 26.7 Å². The van der Waals surface area contributed by atoms with Gasteiger partial charge in [0.2, 0.25) is 5.78 Å². The van der Waals surface area contributed by atoms with Crippen LogP contribution in [0.4, 0.5) is 5.69 Å². The molecule has 0 saturated carbocycles. The summed E-state index contributed by atoms with van der Waals surface area (Å²) in [7, 11) is 0. The summed E-state index contributed by atoms with van der Waals surface area (Å²) < 4.78 is 1.71. The molecule has 0 spiro atoms. The van der Waals surface area contributed by atoms with Crippen molar-refractivity contribution in [2.75, 3.05) is 5.32 Å². The van der Waals surface area contributed by atoms with E-state index in [4.69, 9.17) is 0 Å². The van der Waals surface area contributed by atoms with E-state index in [2.05, 4.69) is 25.2 Å². The smallest absolute Gasteiger partial charge is 0.286 e. The van der Waals surface area contributed by atoms with Crippen LogP contribution in [0.15, 0.2) is 78.8 Å². The molecular formula is C25H23N2O2+. The highest BCUT2D eigenvalue weighted by atomic mass is 16.1. The molecule has 1 aliphatic rings. The van der Waals surface area contributed by atoms with Crippen molar-refractivity contribution >= 4 is 23.0 Å². The number of carbonyl (C=O) groups is 2. The zero-order valence-corrected chi connectivity index (χ0v) is 16.8. The van der Waals surface area contributed by atoms with Crippen molar-refractivity contribution in [1.29, 1.82) is 0 Å². The number of allylic oxidation sites excluding steroid dienone is 2. The molecule has 0 bridgehead atoms. The van der Waals surface area contributed by atoms with Crippen molar-refractivity contribution in [3.8, 4) is 0 Å². The molecule has 0 radical (unpaired) electrons. The van der Waals surface area contributed by atoms with E-state index < -0.39 is 0 Å². The van der Waals surface area contributed by atoms with E-state index in [1.165, 1.54) is 0 Å². The van der Waals surface area contributed by atoms with Crippen LogP contribution >= 0.6 is 0 Å². The number of aromatic nitrogens is 1. The number of aryl methyl sites for hydroxylation is 1. The molecule has 1 aromatic heterocycles. The van der Waals surface area contributed by atoms with E-state index in [9.17, 15) is 9.59 Å². The van der Waals surface area contributed by atoms with Crippen molar-refractivity contribution in [3.05, 3.63) is 101 Å². The maximum absolute atomic E-state index is 13.5. The molecule has 29 heavy (non-hydrogen) atoms. The number of rotatable bonds is 4. The van der Waals surface area contributed by atoms with Crippen LogP contribution < -0.4 is 9.88 Å². The van der Waals surface area contributed by atoms with E-state index in [0.717, 1.165) is 16.8 Å². The molecule has 0 unspecified atom stereocenters. The number of nitrogens with zero attached hydrogens (tertiary/aromatic N) is 1. The lowest BCUT2D eigenvalue weighted by atomic mass is 9.89. The molecule has 1 N–H and O–H groups in total. The SMILES string of the molecule is Cc1cccc(C(C)C)c1NC1=C([n+]2ccccc2)C(=O)c2ccccc2C1=O. The molecule has 1 heterocycles. The Morgan fingerprint density at radius 3 is 2.10 bits per heavy atom. The Kier molecular flexibility index (Phi) is 4.85. The van der Waals surface area contributed by atoms with Crippen LogP contribution in [0.2, 0.25) is 0 Å². The van der Waals surface area contributed by atoms with Gasteiger partial charge in [0, 0.05) is 28.9 Å². The molecule has 0 fully saturated rings. The van der Waals surface area contributed by atoms with Crippen LogP contribution in [0.1, 0.15) is 51.6 Å². The van der Waals surface area contributed by atoms with Gasteiger partial charge in [-0.05, 0) is 24.0 Å². The number of Topliss-reactive ketones (excluding diaryl/α,β-unsaturated/α-hetero) is 2. The molecule has 4 heteroatoms. The molecule has 3 aromatic rings. The number of benzene rings is 2. The third-order valence-electron chi connectivity index (χ3n) is 5.25. The number of hydrogen-bond donors (Lipinski definition) is 1. The fourth-order valence-corrected chi connectivity index (χ4v) is 3.74. The van der Waals surface area contributed by atoms with Gasteiger partial charge in [0.1, 0.15) is 0 Å². The highest BCUT2D eigenvalue weighted by molar-refractivity contribution is 6.36. The number of hydrogen-bond acceptors (Lipinski definition) is 3. The first-order chi connectivity index (χ1) is 14.0. The summed E-state index contributed by atoms with van der Waals surface area (Å²) in [6, 6.07) is 18.6. The van der Waals surface area contributed by atoms with Gasteiger partial charge in [-0.2, -0.15) is 4.57 Å². The second kappa shape index (κ2) is 7.47. The molecule has 144 valence electrons.